The fourth-order valence-electron chi connectivity index (χ4n) is 1.55. The van der Waals surface area contributed by atoms with Gasteiger partial charge in [0.25, 0.3) is 5.91 Å². The van der Waals surface area contributed by atoms with E-state index >= 15 is 0 Å². The van der Waals surface area contributed by atoms with Crippen molar-refractivity contribution in [1.82, 2.24) is 5.32 Å². The third-order valence-electron chi connectivity index (χ3n) is 2.76. The Kier molecular flexibility index (Phi) is 5.13. The van der Waals surface area contributed by atoms with E-state index in [9.17, 15) is 4.79 Å². The van der Waals surface area contributed by atoms with E-state index in [-0.39, 0.29) is 17.5 Å². The van der Waals surface area contributed by atoms with Crippen molar-refractivity contribution in [3.63, 3.8) is 0 Å². The molecule has 0 spiro atoms. The molecule has 0 radical (unpaired) electrons. The van der Waals surface area contributed by atoms with Gasteiger partial charge >= 0.3 is 0 Å². The molecule has 0 heterocycles. The van der Waals surface area contributed by atoms with Crippen molar-refractivity contribution < 1.29 is 4.79 Å². The van der Waals surface area contributed by atoms with Gasteiger partial charge in [0.15, 0.2) is 0 Å². The topological polar surface area (TPSA) is 64.9 Å². The average Bonchev–Trinajstić information content (AvgIpc) is 2.34. The van der Waals surface area contributed by atoms with Crippen LogP contribution in [0.1, 0.15) is 25.0 Å². The van der Waals surface area contributed by atoms with Crippen molar-refractivity contribution in [2.24, 2.45) is 0 Å². The predicted molar refractivity (Wildman–Crippen MR) is 76.5 cm³/mol. The highest BCUT2D eigenvalue weighted by molar-refractivity contribution is 5.97. The van der Waals surface area contributed by atoms with E-state index in [1.165, 1.54) is 6.20 Å². The summed E-state index contributed by atoms with van der Waals surface area (Å²) in [6.07, 6.45) is 1.44. The predicted octanol–water partition coefficient (Wildman–Crippen LogP) is 2.65. The Balaban J connectivity index is 2.87. The molecule has 0 aliphatic heterocycles. The quantitative estimate of drug-likeness (QED) is 0.643. The highest BCUT2D eigenvalue weighted by Crippen LogP contribution is 2.18. The first-order valence-electron chi connectivity index (χ1n) is 6.19. The van der Waals surface area contributed by atoms with Crippen molar-refractivity contribution in [2.75, 3.05) is 5.32 Å². The van der Waals surface area contributed by atoms with Gasteiger partial charge in [0, 0.05) is 17.9 Å². The Labute approximate surface area is 114 Å². The summed E-state index contributed by atoms with van der Waals surface area (Å²) in [5.74, 6) is -0.365. The summed E-state index contributed by atoms with van der Waals surface area (Å²) in [5.41, 5.74) is 3.21. The smallest absolute Gasteiger partial charge is 0.263 e. The van der Waals surface area contributed by atoms with Crippen molar-refractivity contribution >= 4 is 11.6 Å². The van der Waals surface area contributed by atoms with Crippen molar-refractivity contribution in [2.45, 2.75) is 33.7 Å². The van der Waals surface area contributed by atoms with E-state index in [1.807, 2.05) is 52.0 Å². The number of nitrogens with zero attached hydrogens (tertiary/aromatic N) is 1. The lowest BCUT2D eigenvalue weighted by Crippen LogP contribution is -2.31. The maximum Gasteiger partial charge on any atom is 0.263 e. The number of benzene rings is 1. The van der Waals surface area contributed by atoms with Gasteiger partial charge < -0.3 is 10.6 Å². The van der Waals surface area contributed by atoms with Gasteiger partial charge in [-0.2, -0.15) is 5.26 Å². The first-order valence-corrected chi connectivity index (χ1v) is 6.19. The summed E-state index contributed by atoms with van der Waals surface area (Å²) in [6.45, 7) is 7.71. The van der Waals surface area contributed by atoms with Gasteiger partial charge in [0.1, 0.15) is 11.6 Å². The highest BCUT2D eigenvalue weighted by atomic mass is 16.1. The van der Waals surface area contributed by atoms with E-state index in [1.54, 1.807) is 0 Å². The lowest BCUT2D eigenvalue weighted by molar-refractivity contribution is -0.117. The van der Waals surface area contributed by atoms with Crippen LogP contribution in [0.5, 0.6) is 0 Å². The largest absolute Gasteiger partial charge is 0.360 e. The summed E-state index contributed by atoms with van der Waals surface area (Å²) >= 11 is 0. The van der Waals surface area contributed by atoms with Crippen LogP contribution >= 0.6 is 0 Å². The molecule has 0 atom stereocenters. The maximum absolute atomic E-state index is 11.7. The van der Waals surface area contributed by atoms with E-state index < -0.39 is 0 Å². The number of nitriles is 1. The Morgan fingerprint density at radius 1 is 1.37 bits per heavy atom. The number of hydrogen-bond donors (Lipinski definition) is 2. The molecule has 1 aromatic carbocycles. The molecule has 0 saturated heterocycles. The summed E-state index contributed by atoms with van der Waals surface area (Å²) in [5, 5.41) is 14.7. The molecular formula is C15H19N3O. The number of aryl methyl sites for hydroxylation is 1. The van der Waals surface area contributed by atoms with Crippen molar-refractivity contribution in [1.29, 1.82) is 5.26 Å². The Morgan fingerprint density at radius 3 is 2.63 bits per heavy atom. The van der Waals surface area contributed by atoms with Crippen LogP contribution in [0.3, 0.4) is 0 Å². The Morgan fingerprint density at radius 2 is 2.05 bits per heavy atom. The van der Waals surface area contributed by atoms with E-state index in [0.29, 0.717) is 0 Å². The van der Waals surface area contributed by atoms with Gasteiger partial charge in [-0.25, -0.2) is 0 Å². The number of carbonyl (C=O) groups excluding carboxylic acids is 1. The van der Waals surface area contributed by atoms with Gasteiger partial charge in [0.2, 0.25) is 0 Å². The van der Waals surface area contributed by atoms with Crippen LogP contribution in [-0.4, -0.2) is 11.9 Å². The lowest BCUT2D eigenvalue weighted by atomic mass is 10.1. The zero-order chi connectivity index (χ0) is 14.4. The summed E-state index contributed by atoms with van der Waals surface area (Å²) in [4.78, 5) is 11.7. The minimum absolute atomic E-state index is 0.00459. The van der Waals surface area contributed by atoms with Gasteiger partial charge in [-0.3, -0.25) is 4.79 Å². The zero-order valence-corrected chi connectivity index (χ0v) is 11.7. The molecule has 1 amide bonds. The fourth-order valence-corrected chi connectivity index (χ4v) is 1.55. The first-order chi connectivity index (χ1) is 8.95. The van der Waals surface area contributed by atoms with Crippen LogP contribution in [0.15, 0.2) is 30.0 Å². The summed E-state index contributed by atoms with van der Waals surface area (Å²) in [6, 6.07) is 7.76. The molecule has 1 rings (SSSR count). The number of carbonyl (C=O) groups is 1. The fraction of sp³-hybridized carbons (Fsp3) is 0.333. The molecule has 1 aromatic rings. The normalized spacial score (nSPS) is 11.1. The average molecular weight is 257 g/mol. The number of amides is 1. The SMILES string of the molecule is Cc1cccc(N/C=C(/C#N)C(=O)NC(C)C)c1C. The van der Waals surface area contributed by atoms with Gasteiger partial charge in [-0.1, -0.05) is 12.1 Å². The Bertz CT molecular complexity index is 539. The van der Waals surface area contributed by atoms with Crippen LogP contribution in [0.4, 0.5) is 5.69 Å². The van der Waals surface area contributed by atoms with E-state index in [0.717, 1.165) is 16.8 Å². The maximum atomic E-state index is 11.7. The zero-order valence-electron chi connectivity index (χ0n) is 11.7. The molecule has 2 N–H and O–H groups in total. The minimum Gasteiger partial charge on any atom is -0.360 e. The summed E-state index contributed by atoms with van der Waals surface area (Å²) < 4.78 is 0. The van der Waals surface area contributed by atoms with Crippen LogP contribution in [0.25, 0.3) is 0 Å². The lowest BCUT2D eigenvalue weighted by Gasteiger charge is -2.10. The van der Waals surface area contributed by atoms with Crippen molar-refractivity contribution in [3.05, 3.63) is 41.1 Å². The van der Waals surface area contributed by atoms with Crippen LogP contribution in [0.2, 0.25) is 0 Å². The molecule has 19 heavy (non-hydrogen) atoms. The number of hydrogen-bond acceptors (Lipinski definition) is 3. The number of rotatable bonds is 4. The van der Waals surface area contributed by atoms with Gasteiger partial charge in [0.05, 0.1) is 0 Å². The standard InChI is InChI=1S/C15H19N3O/c1-10(2)18-15(19)13(8-16)9-17-14-7-5-6-11(3)12(14)4/h5-7,9-10,17H,1-4H3,(H,18,19)/b13-9-. The first kappa shape index (κ1) is 14.8. The molecule has 0 aliphatic rings. The minimum atomic E-state index is -0.365. The number of nitrogens with one attached hydrogen (secondary N) is 2. The highest BCUT2D eigenvalue weighted by Gasteiger charge is 2.09. The van der Waals surface area contributed by atoms with Crippen molar-refractivity contribution in [3.8, 4) is 6.07 Å². The van der Waals surface area contributed by atoms with E-state index in [4.69, 9.17) is 5.26 Å². The third-order valence-corrected chi connectivity index (χ3v) is 2.76. The van der Waals surface area contributed by atoms with Crippen LogP contribution < -0.4 is 10.6 Å². The van der Waals surface area contributed by atoms with E-state index in [2.05, 4.69) is 10.6 Å². The molecule has 4 heteroatoms. The molecule has 0 unspecified atom stereocenters. The Hall–Kier alpha value is -2.28. The molecule has 0 bridgehead atoms. The molecule has 0 fully saturated rings. The van der Waals surface area contributed by atoms with Gasteiger partial charge in [-0.05, 0) is 44.9 Å². The third kappa shape index (κ3) is 4.14. The van der Waals surface area contributed by atoms with Crippen LogP contribution in [-0.2, 0) is 4.79 Å². The monoisotopic (exact) mass is 257 g/mol. The molecular weight excluding hydrogens is 238 g/mol. The molecule has 0 aliphatic carbocycles. The molecule has 100 valence electrons. The second-order valence-corrected chi connectivity index (χ2v) is 4.69. The number of anilines is 1. The molecule has 0 saturated carbocycles. The molecule has 0 aromatic heterocycles. The summed E-state index contributed by atoms with van der Waals surface area (Å²) in [7, 11) is 0. The van der Waals surface area contributed by atoms with Crippen LogP contribution in [0, 0.1) is 25.2 Å². The molecule has 4 nitrogen and oxygen atoms in total. The second-order valence-electron chi connectivity index (χ2n) is 4.69. The second kappa shape index (κ2) is 6.60. The van der Waals surface area contributed by atoms with Gasteiger partial charge in [-0.15, -0.1) is 0 Å².